The lowest BCUT2D eigenvalue weighted by Crippen LogP contribution is -2.30. The van der Waals surface area contributed by atoms with Crippen LogP contribution in [0.25, 0.3) is 0 Å². The van der Waals surface area contributed by atoms with Crippen LogP contribution in [0.15, 0.2) is 24.3 Å². The third-order valence-corrected chi connectivity index (χ3v) is 3.71. The van der Waals surface area contributed by atoms with Crippen molar-refractivity contribution >= 4 is 5.69 Å². The second-order valence-electron chi connectivity index (χ2n) is 5.28. The van der Waals surface area contributed by atoms with Gasteiger partial charge in [-0.25, -0.2) is 0 Å². The van der Waals surface area contributed by atoms with Gasteiger partial charge in [-0.3, -0.25) is 0 Å². The van der Waals surface area contributed by atoms with Crippen molar-refractivity contribution in [1.82, 2.24) is 0 Å². The van der Waals surface area contributed by atoms with Crippen molar-refractivity contribution in [2.45, 2.75) is 25.8 Å². The summed E-state index contributed by atoms with van der Waals surface area (Å²) in [7, 11) is 2.16. The molecule has 2 N–H and O–H groups in total. The van der Waals surface area contributed by atoms with E-state index in [2.05, 4.69) is 36.2 Å². The maximum absolute atomic E-state index is 6.04. The molecule has 0 unspecified atom stereocenters. The van der Waals surface area contributed by atoms with Crippen LogP contribution in [0.4, 0.5) is 5.69 Å². The molecule has 0 amide bonds. The minimum absolute atomic E-state index is 0.0818. The Morgan fingerprint density at radius 1 is 1.33 bits per heavy atom. The van der Waals surface area contributed by atoms with E-state index in [0.29, 0.717) is 0 Å². The van der Waals surface area contributed by atoms with Gasteiger partial charge in [0.1, 0.15) is 0 Å². The second-order valence-corrected chi connectivity index (χ2v) is 5.28. The summed E-state index contributed by atoms with van der Waals surface area (Å²) in [6, 6.07) is 8.52. The molecular formula is C15H24N2O. The number of hydrogen-bond acceptors (Lipinski definition) is 3. The molecule has 0 aromatic heterocycles. The lowest BCUT2D eigenvalue weighted by Gasteiger charge is -2.30. The molecule has 100 valence electrons. The highest BCUT2D eigenvalue weighted by Gasteiger charge is 2.17. The molecule has 1 aromatic rings. The Morgan fingerprint density at radius 3 is 2.67 bits per heavy atom. The van der Waals surface area contributed by atoms with Gasteiger partial charge in [0.15, 0.2) is 0 Å². The second kappa shape index (κ2) is 6.21. The van der Waals surface area contributed by atoms with Crippen molar-refractivity contribution in [2.75, 3.05) is 31.7 Å². The molecule has 0 radical (unpaired) electrons. The fourth-order valence-corrected chi connectivity index (χ4v) is 2.63. The standard InChI is InChI=1S/C15H24N2O/c1-12(16)14-5-3-4-6-15(14)17(2)11-13-7-9-18-10-8-13/h3-6,12-13H,7-11,16H2,1-2H3/t12-/m0/s1. The molecule has 1 aliphatic rings. The van der Waals surface area contributed by atoms with Crippen LogP contribution in [0.2, 0.25) is 0 Å². The van der Waals surface area contributed by atoms with Crippen LogP contribution in [-0.2, 0) is 4.74 Å². The SMILES string of the molecule is C[C@H](N)c1ccccc1N(C)CC1CCOCC1. The van der Waals surface area contributed by atoms with Crippen molar-refractivity contribution in [2.24, 2.45) is 11.7 Å². The smallest absolute Gasteiger partial charge is 0.0469 e. The zero-order chi connectivity index (χ0) is 13.0. The molecule has 18 heavy (non-hydrogen) atoms. The average Bonchev–Trinajstić information content (AvgIpc) is 2.40. The Kier molecular flexibility index (Phi) is 4.61. The molecule has 1 atom stereocenters. The van der Waals surface area contributed by atoms with Crippen molar-refractivity contribution in [3.63, 3.8) is 0 Å². The first-order chi connectivity index (χ1) is 8.68. The molecule has 0 saturated carbocycles. The highest BCUT2D eigenvalue weighted by Crippen LogP contribution is 2.26. The first-order valence-electron chi connectivity index (χ1n) is 6.82. The van der Waals surface area contributed by atoms with Gasteiger partial charge in [0.25, 0.3) is 0 Å². The summed E-state index contributed by atoms with van der Waals surface area (Å²) in [6.45, 7) is 4.95. The summed E-state index contributed by atoms with van der Waals surface area (Å²) >= 11 is 0. The summed E-state index contributed by atoms with van der Waals surface area (Å²) in [5.74, 6) is 0.741. The summed E-state index contributed by atoms with van der Waals surface area (Å²) in [5, 5.41) is 0. The quantitative estimate of drug-likeness (QED) is 0.890. The first kappa shape index (κ1) is 13.4. The third kappa shape index (κ3) is 3.24. The lowest BCUT2D eigenvalue weighted by molar-refractivity contribution is 0.0685. The molecule has 3 nitrogen and oxygen atoms in total. The van der Waals surface area contributed by atoms with Gasteiger partial charge in [-0.05, 0) is 37.3 Å². The predicted molar refractivity (Wildman–Crippen MR) is 75.9 cm³/mol. The van der Waals surface area contributed by atoms with Crippen LogP contribution in [0, 0.1) is 5.92 Å². The Labute approximate surface area is 110 Å². The van der Waals surface area contributed by atoms with E-state index in [1.807, 2.05) is 6.92 Å². The van der Waals surface area contributed by atoms with Crippen molar-refractivity contribution in [1.29, 1.82) is 0 Å². The first-order valence-corrected chi connectivity index (χ1v) is 6.82. The van der Waals surface area contributed by atoms with Crippen molar-refractivity contribution in [3.05, 3.63) is 29.8 Å². The summed E-state index contributed by atoms with van der Waals surface area (Å²) < 4.78 is 5.41. The minimum Gasteiger partial charge on any atom is -0.381 e. The maximum atomic E-state index is 6.04. The molecule has 1 aromatic carbocycles. The van der Waals surface area contributed by atoms with E-state index in [0.717, 1.165) is 25.7 Å². The molecule has 1 fully saturated rings. The fraction of sp³-hybridized carbons (Fsp3) is 0.600. The Morgan fingerprint density at radius 2 is 2.00 bits per heavy atom. The molecule has 1 heterocycles. The number of rotatable bonds is 4. The molecule has 0 bridgehead atoms. The van der Waals surface area contributed by atoms with Gasteiger partial charge in [0, 0.05) is 38.5 Å². The van der Waals surface area contributed by atoms with Crippen LogP contribution < -0.4 is 10.6 Å². The highest BCUT2D eigenvalue weighted by molar-refractivity contribution is 5.54. The van der Waals surface area contributed by atoms with Gasteiger partial charge in [-0.2, -0.15) is 0 Å². The zero-order valence-electron chi connectivity index (χ0n) is 11.4. The molecule has 1 saturated heterocycles. The molecule has 0 aliphatic carbocycles. The number of para-hydroxylation sites is 1. The van der Waals surface area contributed by atoms with Crippen LogP contribution in [0.3, 0.4) is 0 Å². The molecule has 1 aliphatic heterocycles. The third-order valence-electron chi connectivity index (χ3n) is 3.71. The minimum atomic E-state index is 0.0818. The topological polar surface area (TPSA) is 38.5 Å². The van der Waals surface area contributed by atoms with E-state index in [-0.39, 0.29) is 6.04 Å². The van der Waals surface area contributed by atoms with Crippen LogP contribution in [0.5, 0.6) is 0 Å². The van der Waals surface area contributed by atoms with Gasteiger partial charge in [0.05, 0.1) is 0 Å². The number of benzene rings is 1. The van der Waals surface area contributed by atoms with Crippen LogP contribution in [0.1, 0.15) is 31.4 Å². The van der Waals surface area contributed by atoms with Gasteiger partial charge < -0.3 is 15.4 Å². The summed E-state index contributed by atoms with van der Waals surface area (Å²) in [4.78, 5) is 2.34. The molecule has 2 rings (SSSR count). The van der Waals surface area contributed by atoms with E-state index in [4.69, 9.17) is 10.5 Å². The Balaban J connectivity index is 2.05. The normalized spacial score (nSPS) is 18.6. The monoisotopic (exact) mass is 248 g/mol. The fourth-order valence-electron chi connectivity index (χ4n) is 2.63. The number of hydrogen-bond donors (Lipinski definition) is 1. The summed E-state index contributed by atoms with van der Waals surface area (Å²) in [6.07, 6.45) is 2.34. The molecular weight excluding hydrogens is 224 g/mol. The lowest BCUT2D eigenvalue weighted by atomic mass is 9.98. The van der Waals surface area contributed by atoms with Gasteiger partial charge in [0.2, 0.25) is 0 Å². The van der Waals surface area contributed by atoms with Gasteiger partial charge in [-0.1, -0.05) is 18.2 Å². The number of anilines is 1. The average molecular weight is 248 g/mol. The van der Waals surface area contributed by atoms with E-state index in [1.165, 1.54) is 24.1 Å². The number of nitrogens with two attached hydrogens (primary N) is 1. The van der Waals surface area contributed by atoms with E-state index < -0.39 is 0 Å². The van der Waals surface area contributed by atoms with Crippen molar-refractivity contribution < 1.29 is 4.74 Å². The van der Waals surface area contributed by atoms with Gasteiger partial charge >= 0.3 is 0 Å². The van der Waals surface area contributed by atoms with Crippen LogP contribution >= 0.6 is 0 Å². The number of nitrogens with zero attached hydrogens (tertiary/aromatic N) is 1. The van der Waals surface area contributed by atoms with Crippen molar-refractivity contribution in [3.8, 4) is 0 Å². The Bertz CT molecular complexity index is 373. The number of ether oxygens (including phenoxy) is 1. The maximum Gasteiger partial charge on any atom is 0.0469 e. The summed E-state index contributed by atoms with van der Waals surface area (Å²) in [5.41, 5.74) is 8.53. The molecule has 3 heteroatoms. The van der Waals surface area contributed by atoms with E-state index in [9.17, 15) is 0 Å². The van der Waals surface area contributed by atoms with Crippen LogP contribution in [-0.4, -0.2) is 26.8 Å². The van der Waals surface area contributed by atoms with Gasteiger partial charge in [-0.15, -0.1) is 0 Å². The zero-order valence-corrected chi connectivity index (χ0v) is 11.4. The highest BCUT2D eigenvalue weighted by atomic mass is 16.5. The Hall–Kier alpha value is -1.06. The largest absolute Gasteiger partial charge is 0.381 e. The predicted octanol–water partition coefficient (Wildman–Crippen LogP) is 2.57. The van der Waals surface area contributed by atoms with E-state index >= 15 is 0 Å². The molecule has 0 spiro atoms. The van der Waals surface area contributed by atoms with E-state index in [1.54, 1.807) is 0 Å².